The Hall–Kier alpha value is -2.72. The highest BCUT2D eigenvalue weighted by Crippen LogP contribution is 2.26. The Labute approximate surface area is 167 Å². The molecule has 0 saturated heterocycles. The lowest BCUT2D eigenvalue weighted by molar-refractivity contribution is 0.0994. The number of carbonyl (C=O) groups is 1. The molecule has 0 saturated carbocycles. The molecule has 0 aliphatic rings. The largest absolute Gasteiger partial charge is 0.293 e. The molecule has 0 aliphatic heterocycles. The Balaban J connectivity index is 1.74. The number of hydrogen-bond acceptors (Lipinski definition) is 7. The van der Waals surface area contributed by atoms with Crippen LogP contribution >= 0.6 is 11.8 Å². The normalized spacial score (nSPS) is 12.5. The third-order valence-corrected chi connectivity index (χ3v) is 5.45. The van der Waals surface area contributed by atoms with Crippen LogP contribution in [-0.2, 0) is 10.0 Å². The number of ketones is 1. The summed E-state index contributed by atoms with van der Waals surface area (Å²) in [6.07, 6.45) is 1.07. The Kier molecular flexibility index (Phi) is 5.80. The molecule has 2 aromatic carbocycles. The molecule has 28 heavy (non-hydrogen) atoms. The molecule has 0 radical (unpaired) electrons. The molecule has 0 unspecified atom stereocenters. The minimum atomic E-state index is -3.36. The molecule has 0 aliphatic carbocycles. The number of thioether (sulfide) groups is 1. The van der Waals surface area contributed by atoms with Crippen LogP contribution in [0.4, 0.5) is 5.69 Å². The third kappa shape index (κ3) is 4.96. The van der Waals surface area contributed by atoms with Gasteiger partial charge in [-0.2, -0.15) is 4.68 Å². The molecule has 0 bridgehead atoms. The second-order valence-electron chi connectivity index (χ2n) is 6.29. The topological polar surface area (TPSA) is 107 Å². The number of nitrogens with one attached hydrogen (secondary N) is 1. The molecule has 10 heteroatoms. The van der Waals surface area contributed by atoms with Gasteiger partial charge in [-0.15, -0.1) is 5.10 Å². The van der Waals surface area contributed by atoms with Gasteiger partial charge in [0.1, 0.15) is 0 Å². The minimum absolute atomic E-state index is 0.102. The van der Waals surface area contributed by atoms with Gasteiger partial charge in [0.15, 0.2) is 5.78 Å². The van der Waals surface area contributed by atoms with Gasteiger partial charge in [-0.25, -0.2) is 8.42 Å². The molecule has 146 valence electrons. The van der Waals surface area contributed by atoms with Crippen molar-refractivity contribution in [3.8, 4) is 5.69 Å². The lowest BCUT2D eigenvalue weighted by Crippen LogP contribution is -2.15. The summed E-state index contributed by atoms with van der Waals surface area (Å²) in [4.78, 5) is 12.7. The number of Topliss-reactive ketones (excluding diaryl/α,β-unsaturated/α-hetero) is 1. The Bertz CT molecular complexity index is 1090. The number of aryl methyl sites for hydroxylation is 1. The summed E-state index contributed by atoms with van der Waals surface area (Å²) in [7, 11) is -3.36. The van der Waals surface area contributed by atoms with E-state index in [1.807, 2.05) is 31.2 Å². The van der Waals surface area contributed by atoms with E-state index in [1.54, 1.807) is 35.9 Å². The fourth-order valence-electron chi connectivity index (χ4n) is 2.54. The number of aromatic nitrogens is 4. The number of hydrogen-bond donors (Lipinski definition) is 1. The minimum Gasteiger partial charge on any atom is -0.293 e. The van der Waals surface area contributed by atoms with Crippen LogP contribution in [0.3, 0.4) is 0 Å². The quantitative estimate of drug-likeness (QED) is 0.465. The van der Waals surface area contributed by atoms with Crippen LogP contribution in [0.5, 0.6) is 0 Å². The van der Waals surface area contributed by atoms with E-state index in [4.69, 9.17) is 0 Å². The van der Waals surface area contributed by atoms with Crippen LogP contribution in [0.1, 0.15) is 22.8 Å². The number of sulfonamides is 1. The van der Waals surface area contributed by atoms with Crippen molar-refractivity contribution in [2.45, 2.75) is 24.3 Å². The van der Waals surface area contributed by atoms with Gasteiger partial charge in [0.25, 0.3) is 0 Å². The van der Waals surface area contributed by atoms with E-state index in [2.05, 4.69) is 20.2 Å². The van der Waals surface area contributed by atoms with Gasteiger partial charge in [-0.1, -0.05) is 23.9 Å². The maximum absolute atomic E-state index is 12.7. The van der Waals surface area contributed by atoms with Crippen molar-refractivity contribution in [2.24, 2.45) is 0 Å². The molecule has 1 aromatic heterocycles. The van der Waals surface area contributed by atoms with Gasteiger partial charge in [0.05, 0.1) is 17.2 Å². The SMILES string of the molecule is Cc1cccc(-n2nnnc2S[C@H](C)C(=O)c2ccc(NS(C)(=O)=O)cc2)c1. The highest BCUT2D eigenvalue weighted by molar-refractivity contribution is 8.00. The highest BCUT2D eigenvalue weighted by atomic mass is 32.2. The van der Waals surface area contributed by atoms with Crippen LogP contribution in [0, 0.1) is 6.92 Å². The Morgan fingerprint density at radius 3 is 2.54 bits per heavy atom. The van der Waals surface area contributed by atoms with Crippen molar-refractivity contribution >= 4 is 33.3 Å². The second-order valence-corrected chi connectivity index (χ2v) is 9.34. The lowest BCUT2D eigenvalue weighted by Gasteiger charge is -2.11. The summed E-state index contributed by atoms with van der Waals surface area (Å²) in [5, 5.41) is 11.9. The van der Waals surface area contributed by atoms with Crippen molar-refractivity contribution in [3.05, 3.63) is 59.7 Å². The zero-order valence-corrected chi connectivity index (χ0v) is 17.2. The molecule has 0 amide bonds. The van der Waals surface area contributed by atoms with E-state index in [0.29, 0.717) is 16.4 Å². The van der Waals surface area contributed by atoms with Gasteiger partial charge in [0, 0.05) is 11.3 Å². The highest BCUT2D eigenvalue weighted by Gasteiger charge is 2.20. The molecular formula is C18H19N5O3S2. The third-order valence-electron chi connectivity index (χ3n) is 3.81. The maximum Gasteiger partial charge on any atom is 0.229 e. The first-order valence-electron chi connectivity index (χ1n) is 8.37. The first-order valence-corrected chi connectivity index (χ1v) is 11.1. The second kappa shape index (κ2) is 8.11. The van der Waals surface area contributed by atoms with Crippen molar-refractivity contribution < 1.29 is 13.2 Å². The fraction of sp³-hybridized carbons (Fsp3) is 0.222. The number of carbonyl (C=O) groups excluding carboxylic acids is 1. The van der Waals surface area contributed by atoms with E-state index in [1.165, 1.54) is 11.8 Å². The number of nitrogens with zero attached hydrogens (tertiary/aromatic N) is 4. The molecule has 1 heterocycles. The molecule has 8 nitrogen and oxygen atoms in total. The van der Waals surface area contributed by atoms with Crippen molar-refractivity contribution in [1.29, 1.82) is 0 Å². The molecule has 0 spiro atoms. The first kappa shape index (κ1) is 20.0. The number of tetrazole rings is 1. The number of rotatable bonds is 7. The zero-order chi connectivity index (χ0) is 20.3. The summed E-state index contributed by atoms with van der Waals surface area (Å²) >= 11 is 1.26. The molecule has 0 fully saturated rings. The molecule has 3 aromatic rings. The van der Waals surface area contributed by atoms with Gasteiger partial charge >= 0.3 is 0 Å². The smallest absolute Gasteiger partial charge is 0.229 e. The Morgan fingerprint density at radius 2 is 1.89 bits per heavy atom. The molecule has 3 rings (SSSR count). The summed E-state index contributed by atoms with van der Waals surface area (Å²) in [6, 6.07) is 14.1. The fourth-order valence-corrected chi connectivity index (χ4v) is 3.99. The average molecular weight is 418 g/mol. The van der Waals surface area contributed by atoms with Gasteiger partial charge in [0.2, 0.25) is 15.2 Å². The molecule has 1 atom stereocenters. The van der Waals surface area contributed by atoms with Crippen LogP contribution in [0.2, 0.25) is 0 Å². The Morgan fingerprint density at radius 1 is 1.18 bits per heavy atom. The van der Waals surface area contributed by atoms with E-state index in [9.17, 15) is 13.2 Å². The number of anilines is 1. The number of benzene rings is 2. The van der Waals surface area contributed by atoms with Crippen LogP contribution < -0.4 is 4.72 Å². The van der Waals surface area contributed by atoms with E-state index >= 15 is 0 Å². The average Bonchev–Trinajstić information content (AvgIpc) is 3.08. The molecular weight excluding hydrogens is 398 g/mol. The van der Waals surface area contributed by atoms with Crippen molar-refractivity contribution in [3.63, 3.8) is 0 Å². The monoisotopic (exact) mass is 417 g/mol. The zero-order valence-electron chi connectivity index (χ0n) is 15.5. The summed E-state index contributed by atoms with van der Waals surface area (Å²) in [5.41, 5.74) is 2.79. The first-order chi connectivity index (χ1) is 13.2. The standard InChI is InChI=1S/C18H19N5O3S2/c1-12-5-4-6-16(11-12)23-18(19-21-22-23)27-13(2)17(24)14-7-9-15(10-8-14)20-28(3,25)26/h4-11,13,20H,1-3H3/t13-/m1/s1. The van der Waals surface area contributed by atoms with Gasteiger partial charge in [-0.05, 0) is 66.2 Å². The van der Waals surface area contributed by atoms with Crippen molar-refractivity contribution in [2.75, 3.05) is 11.0 Å². The van der Waals surface area contributed by atoms with Crippen LogP contribution in [-0.4, -0.2) is 45.9 Å². The van der Waals surface area contributed by atoms with E-state index in [0.717, 1.165) is 17.5 Å². The van der Waals surface area contributed by atoms with Gasteiger partial charge in [-0.3, -0.25) is 9.52 Å². The predicted octanol–water partition coefficient (Wildman–Crippen LogP) is 2.71. The lowest BCUT2D eigenvalue weighted by atomic mass is 10.1. The molecule has 1 N–H and O–H groups in total. The van der Waals surface area contributed by atoms with Crippen LogP contribution in [0.25, 0.3) is 5.69 Å². The van der Waals surface area contributed by atoms with Gasteiger partial charge < -0.3 is 0 Å². The summed E-state index contributed by atoms with van der Waals surface area (Å²) in [5.74, 6) is -0.102. The summed E-state index contributed by atoms with van der Waals surface area (Å²) < 4.78 is 26.5. The van der Waals surface area contributed by atoms with Crippen LogP contribution in [0.15, 0.2) is 53.7 Å². The summed E-state index contributed by atoms with van der Waals surface area (Å²) in [6.45, 7) is 3.76. The van der Waals surface area contributed by atoms with Crippen molar-refractivity contribution in [1.82, 2.24) is 20.2 Å². The predicted molar refractivity (Wildman–Crippen MR) is 108 cm³/mol. The van der Waals surface area contributed by atoms with E-state index < -0.39 is 15.3 Å². The maximum atomic E-state index is 12.7. The van der Waals surface area contributed by atoms with E-state index in [-0.39, 0.29) is 5.78 Å².